The first-order valence-electron chi connectivity index (χ1n) is 16.9. The molecule has 0 N–H and O–H groups in total. The van der Waals surface area contributed by atoms with Crippen LogP contribution < -0.4 is 4.90 Å². The van der Waals surface area contributed by atoms with Gasteiger partial charge in [-0.05, 0) is 83.6 Å². The van der Waals surface area contributed by atoms with E-state index in [4.69, 9.17) is 0 Å². The lowest BCUT2D eigenvalue weighted by atomic mass is 10.0. The van der Waals surface area contributed by atoms with Gasteiger partial charge in [-0.25, -0.2) is 0 Å². The summed E-state index contributed by atoms with van der Waals surface area (Å²) in [6, 6.07) is 62.4. The maximum absolute atomic E-state index is 2.52. The van der Waals surface area contributed by atoms with Crippen molar-refractivity contribution in [2.45, 2.75) is 0 Å². The lowest BCUT2D eigenvalue weighted by molar-refractivity contribution is 1.18. The Morgan fingerprint density at radius 1 is 0.400 bits per heavy atom. The summed E-state index contributed by atoms with van der Waals surface area (Å²) in [4.78, 5) is 2.52. The van der Waals surface area contributed by atoms with Crippen molar-refractivity contribution in [3.8, 4) is 5.69 Å². The second-order valence-corrected chi connectivity index (χ2v) is 15.1. The quantitative estimate of drug-likeness (QED) is 0.181. The molecule has 234 valence electrons. The number of fused-ring (bicyclic) bond motifs is 10. The monoisotopic (exact) mass is 672 g/mol. The van der Waals surface area contributed by atoms with Gasteiger partial charge in [0.1, 0.15) is 0 Å². The van der Waals surface area contributed by atoms with Crippen LogP contribution in [-0.4, -0.2) is 4.57 Å². The normalized spacial score (nSPS) is 12.0. The number of rotatable bonds is 4. The van der Waals surface area contributed by atoms with Crippen molar-refractivity contribution >= 4 is 113 Å². The second-order valence-electron chi connectivity index (χ2n) is 12.9. The van der Waals surface area contributed by atoms with E-state index in [0.29, 0.717) is 0 Å². The molecule has 11 rings (SSSR count). The smallest absolute Gasteiger partial charge is 0.0640 e. The molecule has 0 saturated carbocycles. The molecule has 0 bridgehead atoms. The van der Waals surface area contributed by atoms with E-state index in [2.05, 4.69) is 179 Å². The van der Waals surface area contributed by atoms with Gasteiger partial charge in [-0.15, -0.1) is 22.7 Å². The number of para-hydroxylation sites is 2. The molecular formula is C46H28N2S2. The van der Waals surface area contributed by atoms with Crippen molar-refractivity contribution in [3.63, 3.8) is 0 Å². The molecule has 50 heavy (non-hydrogen) atoms. The molecule has 0 radical (unpaired) electrons. The molecule has 0 aliphatic heterocycles. The van der Waals surface area contributed by atoms with Crippen LogP contribution in [0, 0.1) is 0 Å². The predicted octanol–water partition coefficient (Wildman–Crippen LogP) is 14.1. The van der Waals surface area contributed by atoms with Gasteiger partial charge in [-0.1, -0.05) is 97.1 Å². The number of benzene rings is 8. The molecule has 0 atom stereocenters. The Hall–Kier alpha value is -5.94. The summed E-state index contributed by atoms with van der Waals surface area (Å²) >= 11 is 3.77. The first-order valence-corrected chi connectivity index (χ1v) is 18.6. The fraction of sp³-hybridized carbons (Fsp3) is 0. The minimum atomic E-state index is 1.14. The number of hydrogen-bond acceptors (Lipinski definition) is 3. The van der Waals surface area contributed by atoms with Crippen molar-refractivity contribution in [2.75, 3.05) is 4.90 Å². The largest absolute Gasteiger partial charge is 0.309 e. The lowest BCUT2D eigenvalue weighted by Gasteiger charge is -2.27. The summed E-state index contributed by atoms with van der Waals surface area (Å²) in [5.74, 6) is 0. The van der Waals surface area contributed by atoms with Crippen LogP contribution >= 0.6 is 22.7 Å². The molecule has 3 heterocycles. The Balaban J connectivity index is 1.24. The number of anilines is 3. The molecule has 0 aliphatic rings. The zero-order valence-corrected chi connectivity index (χ0v) is 28.5. The molecule has 3 aromatic heterocycles. The third-order valence-electron chi connectivity index (χ3n) is 10.1. The van der Waals surface area contributed by atoms with Gasteiger partial charge in [-0.3, -0.25) is 0 Å². The molecule has 0 spiro atoms. The first-order chi connectivity index (χ1) is 24.8. The van der Waals surface area contributed by atoms with Crippen LogP contribution in [0.2, 0.25) is 0 Å². The molecule has 2 nitrogen and oxygen atoms in total. The van der Waals surface area contributed by atoms with Crippen LogP contribution in [0.1, 0.15) is 0 Å². The SMILES string of the molecule is c1ccc(-n2c3ccccc3c3cc(N(c4cccc5c4sc4cc6ccccc6cc45)c4cccc5sc6ccccc6c45)ccc32)cc1. The number of hydrogen-bond donors (Lipinski definition) is 0. The van der Waals surface area contributed by atoms with Crippen LogP contribution in [0.25, 0.3) is 78.6 Å². The van der Waals surface area contributed by atoms with E-state index in [0.717, 1.165) is 5.69 Å². The van der Waals surface area contributed by atoms with Gasteiger partial charge in [0, 0.05) is 57.8 Å². The standard InChI is InChI=1S/C46H28N2S2/c1-2-14-31(15-3-1)47-38-19-8-6-16-33(38)36-28-32(24-25-39(36)47)48(40-20-11-23-43-45(40)35-17-7-9-22-42(35)49-43)41-21-10-18-34-37-26-29-12-4-5-13-30(29)27-44(37)50-46(34)41/h1-28H. The fourth-order valence-electron chi connectivity index (χ4n) is 7.95. The van der Waals surface area contributed by atoms with Crippen LogP contribution in [-0.2, 0) is 0 Å². The number of aromatic nitrogens is 1. The van der Waals surface area contributed by atoms with Crippen molar-refractivity contribution in [1.82, 2.24) is 4.57 Å². The molecule has 8 aromatic carbocycles. The van der Waals surface area contributed by atoms with Crippen molar-refractivity contribution in [1.29, 1.82) is 0 Å². The van der Waals surface area contributed by atoms with Gasteiger partial charge in [0.25, 0.3) is 0 Å². The molecule has 4 heteroatoms. The summed E-state index contributed by atoms with van der Waals surface area (Å²) in [5, 5.41) is 10.2. The van der Waals surface area contributed by atoms with E-state index in [9.17, 15) is 0 Å². The lowest BCUT2D eigenvalue weighted by Crippen LogP contribution is -2.10. The van der Waals surface area contributed by atoms with Gasteiger partial charge in [0.15, 0.2) is 0 Å². The molecule has 0 amide bonds. The highest BCUT2D eigenvalue weighted by Crippen LogP contribution is 2.50. The fourth-order valence-corrected chi connectivity index (χ4v) is 10.3. The highest BCUT2D eigenvalue weighted by atomic mass is 32.1. The van der Waals surface area contributed by atoms with Crippen LogP contribution in [0.15, 0.2) is 170 Å². The van der Waals surface area contributed by atoms with Crippen molar-refractivity contribution < 1.29 is 0 Å². The highest BCUT2D eigenvalue weighted by Gasteiger charge is 2.23. The van der Waals surface area contributed by atoms with Gasteiger partial charge < -0.3 is 9.47 Å². The minimum Gasteiger partial charge on any atom is -0.309 e. The average Bonchev–Trinajstić information content (AvgIpc) is 3.84. The Morgan fingerprint density at radius 2 is 1.08 bits per heavy atom. The summed E-state index contributed by atoms with van der Waals surface area (Å²) in [6.07, 6.45) is 0. The Bertz CT molecular complexity index is 3110. The Labute approximate surface area is 296 Å². The van der Waals surface area contributed by atoms with Crippen LogP contribution in [0.3, 0.4) is 0 Å². The van der Waals surface area contributed by atoms with Gasteiger partial charge in [0.2, 0.25) is 0 Å². The maximum Gasteiger partial charge on any atom is 0.0640 e. The van der Waals surface area contributed by atoms with E-state index >= 15 is 0 Å². The van der Waals surface area contributed by atoms with E-state index in [1.807, 2.05) is 22.7 Å². The van der Waals surface area contributed by atoms with E-state index in [-0.39, 0.29) is 0 Å². The van der Waals surface area contributed by atoms with Gasteiger partial charge in [0.05, 0.1) is 27.1 Å². The first kappa shape index (κ1) is 28.0. The summed E-state index contributed by atoms with van der Waals surface area (Å²) < 4.78 is 7.60. The molecule has 11 aromatic rings. The molecule has 0 fully saturated rings. The summed E-state index contributed by atoms with van der Waals surface area (Å²) in [6.45, 7) is 0. The zero-order valence-electron chi connectivity index (χ0n) is 26.9. The third kappa shape index (κ3) is 4.07. The molecular weight excluding hydrogens is 645 g/mol. The molecule has 0 unspecified atom stereocenters. The van der Waals surface area contributed by atoms with E-state index < -0.39 is 0 Å². The Morgan fingerprint density at radius 3 is 1.98 bits per heavy atom. The number of thiophene rings is 2. The maximum atomic E-state index is 2.52. The van der Waals surface area contributed by atoms with Crippen LogP contribution in [0.4, 0.5) is 17.1 Å². The summed E-state index contributed by atoms with van der Waals surface area (Å²) in [7, 11) is 0. The average molecular weight is 673 g/mol. The number of nitrogens with zero attached hydrogens (tertiary/aromatic N) is 2. The minimum absolute atomic E-state index is 1.14. The topological polar surface area (TPSA) is 8.17 Å². The van der Waals surface area contributed by atoms with E-state index in [1.165, 1.54) is 90.0 Å². The Kier molecular flexibility index (Phi) is 6.03. The van der Waals surface area contributed by atoms with Crippen LogP contribution in [0.5, 0.6) is 0 Å². The van der Waals surface area contributed by atoms with E-state index in [1.54, 1.807) is 0 Å². The van der Waals surface area contributed by atoms with Gasteiger partial charge >= 0.3 is 0 Å². The van der Waals surface area contributed by atoms with Gasteiger partial charge in [-0.2, -0.15) is 0 Å². The second kappa shape index (κ2) is 10.8. The zero-order chi connectivity index (χ0) is 32.8. The summed E-state index contributed by atoms with van der Waals surface area (Å²) in [5.41, 5.74) is 7.11. The highest BCUT2D eigenvalue weighted by molar-refractivity contribution is 7.26. The molecule has 0 saturated heterocycles. The van der Waals surface area contributed by atoms with Crippen molar-refractivity contribution in [2.24, 2.45) is 0 Å². The predicted molar refractivity (Wildman–Crippen MR) is 219 cm³/mol. The van der Waals surface area contributed by atoms with Crippen molar-refractivity contribution in [3.05, 3.63) is 170 Å². The molecule has 0 aliphatic carbocycles. The third-order valence-corrected chi connectivity index (χ3v) is 12.5.